The maximum Gasteiger partial charge on any atom is 0.238 e. The highest BCUT2D eigenvalue weighted by Crippen LogP contribution is 2.39. The molecule has 1 N–H and O–H groups in total. The molecular weight excluding hydrogens is 392 g/mol. The SMILES string of the molecule is COc1cc(NC(=O)CN(C)Cc2ccccc2-c2ccccc2)cc(OC)c1OC. The van der Waals surface area contributed by atoms with E-state index in [-0.39, 0.29) is 12.5 Å². The molecule has 0 aliphatic carbocycles. The first kappa shape index (κ1) is 22.2. The lowest BCUT2D eigenvalue weighted by Crippen LogP contribution is -2.30. The van der Waals surface area contributed by atoms with Gasteiger partial charge < -0.3 is 19.5 Å². The first-order valence-electron chi connectivity index (χ1n) is 9.97. The van der Waals surface area contributed by atoms with E-state index in [1.807, 2.05) is 42.3 Å². The van der Waals surface area contributed by atoms with Gasteiger partial charge in [-0.15, -0.1) is 0 Å². The second-order valence-corrected chi connectivity index (χ2v) is 7.16. The van der Waals surface area contributed by atoms with Crippen molar-refractivity contribution >= 4 is 11.6 Å². The molecule has 162 valence electrons. The van der Waals surface area contributed by atoms with Crippen LogP contribution >= 0.6 is 0 Å². The maximum atomic E-state index is 12.7. The number of likely N-dealkylation sites (N-methyl/N-ethyl adjacent to an activating group) is 1. The number of carbonyl (C=O) groups excluding carboxylic acids is 1. The van der Waals surface area contributed by atoms with Gasteiger partial charge in [0, 0.05) is 24.4 Å². The lowest BCUT2D eigenvalue weighted by Gasteiger charge is -2.19. The Hall–Kier alpha value is -3.51. The van der Waals surface area contributed by atoms with Crippen molar-refractivity contribution in [2.24, 2.45) is 0 Å². The molecule has 3 rings (SSSR count). The van der Waals surface area contributed by atoms with E-state index in [0.29, 0.717) is 29.5 Å². The van der Waals surface area contributed by atoms with Crippen molar-refractivity contribution in [1.29, 1.82) is 0 Å². The van der Waals surface area contributed by atoms with E-state index in [0.717, 1.165) is 11.1 Å². The van der Waals surface area contributed by atoms with Crippen molar-refractivity contribution in [2.45, 2.75) is 6.54 Å². The van der Waals surface area contributed by atoms with Gasteiger partial charge >= 0.3 is 0 Å². The van der Waals surface area contributed by atoms with Gasteiger partial charge in [-0.05, 0) is 23.7 Å². The molecule has 0 radical (unpaired) electrons. The third-order valence-electron chi connectivity index (χ3n) is 4.90. The first-order chi connectivity index (χ1) is 15.0. The first-order valence-corrected chi connectivity index (χ1v) is 9.97. The zero-order chi connectivity index (χ0) is 22.2. The lowest BCUT2D eigenvalue weighted by atomic mass is 9.99. The highest BCUT2D eigenvalue weighted by molar-refractivity contribution is 5.93. The van der Waals surface area contributed by atoms with Gasteiger partial charge in [-0.2, -0.15) is 0 Å². The molecule has 6 heteroatoms. The zero-order valence-corrected chi connectivity index (χ0v) is 18.3. The highest BCUT2D eigenvalue weighted by atomic mass is 16.5. The molecule has 0 saturated heterocycles. The third-order valence-corrected chi connectivity index (χ3v) is 4.90. The van der Waals surface area contributed by atoms with E-state index in [9.17, 15) is 4.79 Å². The minimum Gasteiger partial charge on any atom is -0.493 e. The maximum absolute atomic E-state index is 12.7. The van der Waals surface area contributed by atoms with Crippen LogP contribution in [0.3, 0.4) is 0 Å². The van der Waals surface area contributed by atoms with Crippen molar-refractivity contribution in [3.63, 3.8) is 0 Å². The van der Waals surface area contributed by atoms with E-state index in [2.05, 4.69) is 29.6 Å². The molecule has 1 amide bonds. The van der Waals surface area contributed by atoms with Crippen LogP contribution in [-0.2, 0) is 11.3 Å². The number of benzene rings is 3. The normalized spacial score (nSPS) is 10.6. The Morgan fingerprint density at radius 2 is 1.48 bits per heavy atom. The number of nitrogens with zero attached hydrogens (tertiary/aromatic N) is 1. The Labute approximate surface area is 183 Å². The van der Waals surface area contributed by atoms with Gasteiger partial charge in [0.25, 0.3) is 0 Å². The molecule has 0 saturated carbocycles. The van der Waals surface area contributed by atoms with Crippen molar-refractivity contribution in [3.05, 3.63) is 72.3 Å². The molecule has 3 aromatic rings. The fourth-order valence-electron chi connectivity index (χ4n) is 3.50. The molecule has 0 aliphatic rings. The number of carbonyl (C=O) groups is 1. The fraction of sp³-hybridized carbons (Fsp3) is 0.240. The average Bonchev–Trinajstić information content (AvgIpc) is 2.79. The number of nitrogens with one attached hydrogen (secondary N) is 1. The minimum atomic E-state index is -0.131. The highest BCUT2D eigenvalue weighted by Gasteiger charge is 2.16. The molecule has 0 unspecified atom stereocenters. The Morgan fingerprint density at radius 3 is 2.10 bits per heavy atom. The summed E-state index contributed by atoms with van der Waals surface area (Å²) in [7, 11) is 6.55. The fourth-order valence-corrected chi connectivity index (χ4v) is 3.50. The van der Waals surface area contributed by atoms with E-state index >= 15 is 0 Å². The second kappa shape index (κ2) is 10.5. The van der Waals surface area contributed by atoms with Crippen LogP contribution in [0.1, 0.15) is 5.56 Å². The number of ether oxygens (including phenoxy) is 3. The topological polar surface area (TPSA) is 60.0 Å². The van der Waals surface area contributed by atoms with Gasteiger partial charge in [0.2, 0.25) is 11.7 Å². The van der Waals surface area contributed by atoms with E-state index in [1.165, 1.54) is 5.56 Å². The van der Waals surface area contributed by atoms with Crippen molar-refractivity contribution < 1.29 is 19.0 Å². The monoisotopic (exact) mass is 420 g/mol. The Balaban J connectivity index is 1.69. The van der Waals surface area contributed by atoms with Gasteiger partial charge in [-0.1, -0.05) is 54.6 Å². The van der Waals surface area contributed by atoms with E-state index < -0.39 is 0 Å². The number of amides is 1. The van der Waals surface area contributed by atoms with Crippen LogP contribution in [0, 0.1) is 0 Å². The molecule has 0 fully saturated rings. The molecule has 31 heavy (non-hydrogen) atoms. The Morgan fingerprint density at radius 1 is 0.871 bits per heavy atom. The van der Waals surface area contributed by atoms with Crippen LogP contribution in [0.15, 0.2) is 66.7 Å². The quantitative estimate of drug-likeness (QED) is 0.554. The van der Waals surface area contributed by atoms with Crippen LogP contribution < -0.4 is 19.5 Å². The summed E-state index contributed by atoms with van der Waals surface area (Å²) in [5.41, 5.74) is 4.07. The Kier molecular flexibility index (Phi) is 7.51. The third kappa shape index (κ3) is 5.55. The number of hydrogen-bond acceptors (Lipinski definition) is 5. The Bertz CT molecular complexity index is 996. The van der Waals surface area contributed by atoms with Crippen LogP contribution in [0.5, 0.6) is 17.2 Å². The molecule has 0 aliphatic heterocycles. The molecule has 0 bridgehead atoms. The molecule has 0 aromatic heterocycles. The van der Waals surface area contributed by atoms with Crippen LogP contribution in [0.25, 0.3) is 11.1 Å². The van der Waals surface area contributed by atoms with Gasteiger partial charge in [0.1, 0.15) is 0 Å². The van der Waals surface area contributed by atoms with E-state index in [4.69, 9.17) is 14.2 Å². The molecule has 0 atom stereocenters. The number of anilines is 1. The standard InChI is InChI=1S/C25H28N2O4/c1-27(16-19-12-8-9-13-21(19)18-10-6-5-7-11-18)17-24(28)26-20-14-22(29-2)25(31-4)23(15-20)30-3/h5-15H,16-17H2,1-4H3,(H,26,28). The van der Waals surface area contributed by atoms with Crippen molar-refractivity contribution in [1.82, 2.24) is 4.90 Å². The largest absolute Gasteiger partial charge is 0.493 e. The van der Waals surface area contributed by atoms with Crippen molar-refractivity contribution in [2.75, 3.05) is 40.2 Å². The average molecular weight is 421 g/mol. The van der Waals surface area contributed by atoms with Crippen LogP contribution in [0.2, 0.25) is 0 Å². The molecular formula is C25H28N2O4. The summed E-state index contributed by atoms with van der Waals surface area (Å²) >= 11 is 0. The van der Waals surface area contributed by atoms with Gasteiger partial charge in [0.05, 0.1) is 27.9 Å². The molecule has 6 nitrogen and oxygen atoms in total. The summed E-state index contributed by atoms with van der Waals surface area (Å²) < 4.78 is 16.0. The summed E-state index contributed by atoms with van der Waals surface area (Å²) in [6, 6.07) is 21.9. The summed E-state index contributed by atoms with van der Waals surface area (Å²) in [5.74, 6) is 1.33. The second-order valence-electron chi connectivity index (χ2n) is 7.16. The molecule has 3 aromatic carbocycles. The molecule has 0 heterocycles. The van der Waals surface area contributed by atoms with Gasteiger partial charge in [-0.25, -0.2) is 0 Å². The van der Waals surface area contributed by atoms with Gasteiger partial charge in [0.15, 0.2) is 11.5 Å². The predicted molar refractivity (Wildman–Crippen MR) is 123 cm³/mol. The minimum absolute atomic E-state index is 0.131. The summed E-state index contributed by atoms with van der Waals surface area (Å²) in [4.78, 5) is 14.6. The summed E-state index contributed by atoms with van der Waals surface area (Å²) in [6.45, 7) is 0.882. The summed E-state index contributed by atoms with van der Waals surface area (Å²) in [5, 5.41) is 2.91. The predicted octanol–water partition coefficient (Wildman–Crippen LogP) is 4.45. The lowest BCUT2D eigenvalue weighted by molar-refractivity contribution is -0.117. The number of rotatable bonds is 9. The zero-order valence-electron chi connectivity index (χ0n) is 18.3. The van der Waals surface area contributed by atoms with Crippen molar-refractivity contribution in [3.8, 4) is 28.4 Å². The van der Waals surface area contributed by atoms with E-state index in [1.54, 1.807) is 33.5 Å². The van der Waals surface area contributed by atoms with Crippen LogP contribution in [0.4, 0.5) is 5.69 Å². The molecule has 0 spiro atoms. The number of hydrogen-bond donors (Lipinski definition) is 1. The smallest absolute Gasteiger partial charge is 0.238 e. The van der Waals surface area contributed by atoms with Gasteiger partial charge in [-0.3, -0.25) is 9.69 Å². The summed E-state index contributed by atoms with van der Waals surface area (Å²) in [6.07, 6.45) is 0. The van der Waals surface area contributed by atoms with Crippen LogP contribution in [-0.4, -0.2) is 45.7 Å². The number of methoxy groups -OCH3 is 3.